The Kier molecular flexibility index (Phi) is 4.53. The molecule has 1 heterocycles. The summed E-state index contributed by atoms with van der Waals surface area (Å²) in [6.07, 6.45) is 0.950. The van der Waals surface area contributed by atoms with Crippen LogP contribution >= 0.6 is 0 Å². The Labute approximate surface area is 114 Å². The first-order valence-electron chi connectivity index (χ1n) is 6.61. The van der Waals surface area contributed by atoms with Crippen LogP contribution in [0.4, 0.5) is 0 Å². The van der Waals surface area contributed by atoms with E-state index in [9.17, 15) is 0 Å². The number of ether oxygens (including phenoxy) is 1. The first-order chi connectivity index (χ1) is 9.22. The molecule has 1 N–H and O–H groups in total. The van der Waals surface area contributed by atoms with Crippen LogP contribution in [0.3, 0.4) is 0 Å². The Bertz CT molecular complexity index is 552. The minimum atomic E-state index is 0.658. The number of pyridine rings is 1. The monoisotopic (exact) mass is 256 g/mol. The fourth-order valence-electron chi connectivity index (χ4n) is 2.07. The van der Waals surface area contributed by atoms with Crippen LogP contribution < -0.4 is 10.1 Å². The van der Waals surface area contributed by atoms with Crippen molar-refractivity contribution in [1.29, 1.82) is 0 Å². The van der Waals surface area contributed by atoms with E-state index in [1.807, 2.05) is 38.2 Å². The quantitative estimate of drug-likeness (QED) is 0.889. The van der Waals surface area contributed by atoms with E-state index in [0.717, 1.165) is 24.4 Å². The predicted molar refractivity (Wildman–Crippen MR) is 77.6 cm³/mol. The van der Waals surface area contributed by atoms with Gasteiger partial charge in [0.15, 0.2) is 0 Å². The maximum atomic E-state index is 5.93. The molecule has 0 saturated heterocycles. The lowest BCUT2D eigenvalue weighted by Gasteiger charge is -2.11. The first-order valence-corrected chi connectivity index (χ1v) is 6.61. The molecule has 0 saturated carbocycles. The van der Waals surface area contributed by atoms with Crippen molar-refractivity contribution in [2.75, 3.05) is 7.05 Å². The Morgan fingerprint density at radius 2 is 2.00 bits per heavy atom. The Hall–Kier alpha value is -1.87. The van der Waals surface area contributed by atoms with Crippen LogP contribution in [0.15, 0.2) is 36.4 Å². The number of aryl methyl sites for hydroxylation is 2. The molecule has 2 aromatic rings. The molecule has 0 bridgehead atoms. The first kappa shape index (κ1) is 13.6. The van der Waals surface area contributed by atoms with Crippen LogP contribution in [-0.4, -0.2) is 12.0 Å². The second-order valence-electron chi connectivity index (χ2n) is 4.55. The largest absolute Gasteiger partial charge is 0.439 e. The molecular weight excluding hydrogens is 236 g/mol. The van der Waals surface area contributed by atoms with Crippen molar-refractivity contribution in [3.05, 3.63) is 53.2 Å². The number of aromatic nitrogens is 1. The van der Waals surface area contributed by atoms with Gasteiger partial charge in [0, 0.05) is 18.3 Å². The van der Waals surface area contributed by atoms with Gasteiger partial charge < -0.3 is 10.1 Å². The minimum Gasteiger partial charge on any atom is -0.439 e. The van der Waals surface area contributed by atoms with Crippen LogP contribution in [0.1, 0.15) is 23.7 Å². The number of hydrogen-bond donors (Lipinski definition) is 1. The van der Waals surface area contributed by atoms with Gasteiger partial charge in [0.05, 0.1) is 0 Å². The lowest BCUT2D eigenvalue weighted by molar-refractivity contribution is 0.455. The predicted octanol–water partition coefficient (Wildman–Crippen LogP) is 3.46. The second kappa shape index (κ2) is 6.34. The van der Waals surface area contributed by atoms with Crippen LogP contribution in [0, 0.1) is 6.92 Å². The summed E-state index contributed by atoms with van der Waals surface area (Å²) in [7, 11) is 1.93. The molecule has 2 rings (SSSR count). The van der Waals surface area contributed by atoms with E-state index in [-0.39, 0.29) is 0 Å². The van der Waals surface area contributed by atoms with Crippen LogP contribution in [0.2, 0.25) is 0 Å². The molecule has 0 unspecified atom stereocenters. The average Bonchev–Trinajstić information content (AvgIpc) is 2.39. The van der Waals surface area contributed by atoms with Gasteiger partial charge in [-0.05, 0) is 43.7 Å². The lowest BCUT2D eigenvalue weighted by atomic mass is 10.1. The van der Waals surface area contributed by atoms with Crippen molar-refractivity contribution in [3.63, 3.8) is 0 Å². The summed E-state index contributed by atoms with van der Waals surface area (Å²) in [5.74, 6) is 1.55. The van der Waals surface area contributed by atoms with Gasteiger partial charge >= 0.3 is 0 Å². The zero-order chi connectivity index (χ0) is 13.7. The third-order valence-corrected chi connectivity index (χ3v) is 2.94. The third kappa shape index (κ3) is 3.55. The van der Waals surface area contributed by atoms with Gasteiger partial charge in [-0.1, -0.05) is 25.1 Å². The van der Waals surface area contributed by atoms with Gasteiger partial charge in [-0.3, -0.25) is 0 Å². The normalized spacial score (nSPS) is 10.5. The zero-order valence-corrected chi connectivity index (χ0v) is 11.7. The summed E-state index contributed by atoms with van der Waals surface area (Å²) < 4.78 is 5.93. The van der Waals surface area contributed by atoms with Crippen molar-refractivity contribution in [3.8, 4) is 11.6 Å². The summed E-state index contributed by atoms with van der Waals surface area (Å²) >= 11 is 0. The van der Waals surface area contributed by atoms with E-state index < -0.39 is 0 Å². The van der Waals surface area contributed by atoms with E-state index in [0.29, 0.717) is 5.88 Å². The second-order valence-corrected chi connectivity index (χ2v) is 4.55. The molecule has 0 aliphatic rings. The van der Waals surface area contributed by atoms with Crippen molar-refractivity contribution in [1.82, 2.24) is 10.3 Å². The zero-order valence-electron chi connectivity index (χ0n) is 11.7. The standard InChI is InChI=1S/C16H20N2O/c1-4-14-7-5-6-8-15(14)19-16-10-13(11-17-3)9-12(2)18-16/h5-10,17H,4,11H2,1-3H3. The maximum absolute atomic E-state index is 5.93. The molecule has 0 aliphatic heterocycles. The molecule has 0 amide bonds. The molecule has 0 fully saturated rings. The molecule has 0 spiro atoms. The van der Waals surface area contributed by atoms with Crippen molar-refractivity contribution in [2.45, 2.75) is 26.8 Å². The Morgan fingerprint density at radius 1 is 1.21 bits per heavy atom. The number of rotatable bonds is 5. The SMILES string of the molecule is CCc1ccccc1Oc1cc(CNC)cc(C)n1. The van der Waals surface area contributed by atoms with Gasteiger partial charge in [-0.15, -0.1) is 0 Å². The van der Waals surface area contributed by atoms with Gasteiger partial charge in [0.1, 0.15) is 5.75 Å². The maximum Gasteiger partial charge on any atom is 0.219 e. The number of hydrogen-bond acceptors (Lipinski definition) is 3. The number of para-hydroxylation sites is 1. The molecular formula is C16H20N2O. The number of nitrogens with zero attached hydrogens (tertiary/aromatic N) is 1. The summed E-state index contributed by atoms with van der Waals surface area (Å²) in [5.41, 5.74) is 3.34. The van der Waals surface area contributed by atoms with Crippen LogP contribution in [-0.2, 0) is 13.0 Å². The molecule has 100 valence electrons. The highest BCUT2D eigenvalue weighted by atomic mass is 16.5. The van der Waals surface area contributed by atoms with E-state index in [1.165, 1.54) is 11.1 Å². The third-order valence-electron chi connectivity index (χ3n) is 2.94. The van der Waals surface area contributed by atoms with E-state index >= 15 is 0 Å². The Morgan fingerprint density at radius 3 is 2.74 bits per heavy atom. The van der Waals surface area contributed by atoms with Gasteiger partial charge in [-0.25, -0.2) is 4.98 Å². The molecule has 1 aromatic carbocycles. The molecule has 19 heavy (non-hydrogen) atoms. The molecule has 3 nitrogen and oxygen atoms in total. The fourth-order valence-corrected chi connectivity index (χ4v) is 2.07. The minimum absolute atomic E-state index is 0.658. The van der Waals surface area contributed by atoms with Crippen molar-refractivity contribution < 1.29 is 4.74 Å². The topological polar surface area (TPSA) is 34.1 Å². The van der Waals surface area contributed by atoms with Gasteiger partial charge in [0.2, 0.25) is 5.88 Å². The summed E-state index contributed by atoms with van der Waals surface area (Å²) in [4.78, 5) is 4.44. The number of benzene rings is 1. The molecule has 3 heteroatoms. The molecule has 0 radical (unpaired) electrons. The van der Waals surface area contributed by atoms with Crippen LogP contribution in [0.25, 0.3) is 0 Å². The summed E-state index contributed by atoms with van der Waals surface area (Å²) in [6.45, 7) is 4.92. The highest BCUT2D eigenvalue weighted by Crippen LogP contribution is 2.25. The van der Waals surface area contributed by atoms with Gasteiger partial charge in [-0.2, -0.15) is 0 Å². The lowest BCUT2D eigenvalue weighted by Crippen LogP contribution is -2.06. The fraction of sp³-hybridized carbons (Fsp3) is 0.312. The highest BCUT2D eigenvalue weighted by Gasteiger charge is 2.05. The van der Waals surface area contributed by atoms with Crippen molar-refractivity contribution >= 4 is 0 Å². The van der Waals surface area contributed by atoms with E-state index in [1.54, 1.807) is 0 Å². The number of nitrogens with one attached hydrogen (secondary N) is 1. The Balaban J connectivity index is 2.27. The summed E-state index contributed by atoms with van der Waals surface area (Å²) in [5, 5.41) is 3.14. The smallest absolute Gasteiger partial charge is 0.219 e. The average molecular weight is 256 g/mol. The highest BCUT2D eigenvalue weighted by molar-refractivity contribution is 5.37. The molecule has 0 aliphatic carbocycles. The molecule has 0 atom stereocenters. The molecule has 1 aromatic heterocycles. The van der Waals surface area contributed by atoms with E-state index in [4.69, 9.17) is 4.74 Å². The van der Waals surface area contributed by atoms with Gasteiger partial charge in [0.25, 0.3) is 0 Å². The van der Waals surface area contributed by atoms with Crippen LogP contribution in [0.5, 0.6) is 11.6 Å². The summed E-state index contributed by atoms with van der Waals surface area (Å²) in [6, 6.07) is 12.1. The van der Waals surface area contributed by atoms with E-state index in [2.05, 4.69) is 29.4 Å². The van der Waals surface area contributed by atoms with Crippen molar-refractivity contribution in [2.24, 2.45) is 0 Å².